The zero-order valence-electron chi connectivity index (χ0n) is 14.0. The first kappa shape index (κ1) is 17.6. The van der Waals surface area contributed by atoms with Gasteiger partial charge in [-0.25, -0.2) is 0 Å². The molecule has 0 unspecified atom stereocenters. The zero-order valence-corrected chi connectivity index (χ0v) is 14.0. The minimum atomic E-state index is -0.678. The highest BCUT2D eigenvalue weighted by atomic mass is 16.5. The van der Waals surface area contributed by atoms with Gasteiger partial charge in [0.2, 0.25) is 0 Å². The second-order valence-electron chi connectivity index (χ2n) is 5.63. The lowest BCUT2D eigenvalue weighted by Gasteiger charge is -2.22. The summed E-state index contributed by atoms with van der Waals surface area (Å²) in [5.74, 6) is 0.236. The molecule has 0 aliphatic carbocycles. The molecule has 0 fully saturated rings. The van der Waals surface area contributed by atoms with Crippen LogP contribution in [0.1, 0.15) is 43.9 Å². The molecule has 0 aromatic heterocycles. The molecule has 4 nitrogen and oxygen atoms in total. The normalized spacial score (nSPS) is 12.7. The summed E-state index contributed by atoms with van der Waals surface area (Å²) in [6, 6.07) is 18.9. The van der Waals surface area contributed by atoms with E-state index in [-0.39, 0.29) is 11.9 Å². The van der Waals surface area contributed by atoms with Gasteiger partial charge in [0.05, 0.1) is 11.6 Å². The van der Waals surface area contributed by atoms with Gasteiger partial charge in [-0.3, -0.25) is 4.79 Å². The number of benzene rings is 2. The molecule has 4 heteroatoms. The Morgan fingerprint density at radius 2 is 1.83 bits per heavy atom. The first-order chi connectivity index (χ1) is 11.7. The van der Waals surface area contributed by atoms with E-state index in [1.54, 1.807) is 31.2 Å². The largest absolute Gasteiger partial charge is 0.480 e. The van der Waals surface area contributed by atoms with Crippen LogP contribution in [0.3, 0.4) is 0 Å². The summed E-state index contributed by atoms with van der Waals surface area (Å²) >= 11 is 0. The van der Waals surface area contributed by atoms with Gasteiger partial charge in [0.1, 0.15) is 11.8 Å². The van der Waals surface area contributed by atoms with Gasteiger partial charge in [-0.15, -0.1) is 0 Å². The summed E-state index contributed by atoms with van der Waals surface area (Å²) in [7, 11) is 0. The minimum Gasteiger partial charge on any atom is -0.480 e. The van der Waals surface area contributed by atoms with E-state index in [0.29, 0.717) is 11.3 Å². The highest BCUT2D eigenvalue weighted by Gasteiger charge is 2.20. The topological polar surface area (TPSA) is 62.1 Å². The molecular formula is C20H22N2O2. The van der Waals surface area contributed by atoms with Crippen LogP contribution >= 0.6 is 0 Å². The molecule has 0 radical (unpaired) electrons. The Labute approximate surface area is 143 Å². The average molecular weight is 322 g/mol. The smallest absolute Gasteiger partial charge is 0.261 e. The van der Waals surface area contributed by atoms with Crippen LogP contribution in [-0.2, 0) is 4.79 Å². The monoisotopic (exact) mass is 322 g/mol. The van der Waals surface area contributed by atoms with Gasteiger partial charge in [-0.2, -0.15) is 5.26 Å². The molecule has 24 heavy (non-hydrogen) atoms. The van der Waals surface area contributed by atoms with Crippen molar-refractivity contribution in [3.8, 4) is 11.8 Å². The average Bonchev–Trinajstić information content (AvgIpc) is 2.62. The van der Waals surface area contributed by atoms with E-state index >= 15 is 0 Å². The number of amides is 1. The van der Waals surface area contributed by atoms with Crippen molar-refractivity contribution in [1.29, 1.82) is 5.26 Å². The van der Waals surface area contributed by atoms with Crippen LogP contribution < -0.4 is 10.1 Å². The lowest BCUT2D eigenvalue weighted by atomic mass is 10.0. The van der Waals surface area contributed by atoms with E-state index < -0.39 is 6.10 Å². The van der Waals surface area contributed by atoms with Gasteiger partial charge < -0.3 is 10.1 Å². The summed E-state index contributed by atoms with van der Waals surface area (Å²) in [5.41, 5.74) is 1.50. The van der Waals surface area contributed by atoms with Crippen LogP contribution in [0.4, 0.5) is 0 Å². The molecule has 0 spiro atoms. The molecule has 0 saturated heterocycles. The van der Waals surface area contributed by atoms with Gasteiger partial charge in [-0.05, 0) is 31.0 Å². The van der Waals surface area contributed by atoms with Crippen molar-refractivity contribution in [2.24, 2.45) is 0 Å². The number of hydrogen-bond acceptors (Lipinski definition) is 3. The Bertz CT molecular complexity index is 707. The fraction of sp³-hybridized carbons (Fsp3) is 0.300. The van der Waals surface area contributed by atoms with Crippen molar-refractivity contribution in [3.05, 3.63) is 65.7 Å². The van der Waals surface area contributed by atoms with E-state index in [9.17, 15) is 4.79 Å². The molecule has 1 N–H and O–H groups in total. The molecule has 1 amide bonds. The Kier molecular flexibility index (Phi) is 6.39. The summed E-state index contributed by atoms with van der Waals surface area (Å²) in [4.78, 5) is 12.5. The highest BCUT2D eigenvalue weighted by Crippen LogP contribution is 2.20. The number of hydrogen-bond donors (Lipinski definition) is 1. The van der Waals surface area contributed by atoms with Gasteiger partial charge >= 0.3 is 0 Å². The maximum atomic E-state index is 12.5. The van der Waals surface area contributed by atoms with Gasteiger partial charge in [0.25, 0.3) is 5.91 Å². The van der Waals surface area contributed by atoms with Crippen molar-refractivity contribution in [3.63, 3.8) is 0 Å². The third-order valence-corrected chi connectivity index (χ3v) is 3.78. The van der Waals surface area contributed by atoms with Crippen molar-refractivity contribution in [1.82, 2.24) is 5.32 Å². The Balaban J connectivity index is 2.05. The van der Waals surface area contributed by atoms with E-state index in [1.807, 2.05) is 30.3 Å². The summed E-state index contributed by atoms with van der Waals surface area (Å²) in [5, 5.41) is 12.1. The molecule has 0 heterocycles. The lowest BCUT2D eigenvalue weighted by Crippen LogP contribution is -2.38. The van der Waals surface area contributed by atoms with Crippen molar-refractivity contribution in [2.45, 2.75) is 38.8 Å². The van der Waals surface area contributed by atoms with E-state index in [2.05, 4.69) is 18.3 Å². The third-order valence-electron chi connectivity index (χ3n) is 3.78. The maximum Gasteiger partial charge on any atom is 0.261 e. The molecule has 0 bridgehead atoms. The number of para-hydroxylation sites is 1. The number of nitrogens with one attached hydrogen (secondary N) is 1. The highest BCUT2D eigenvalue weighted by molar-refractivity contribution is 5.81. The first-order valence-corrected chi connectivity index (χ1v) is 8.16. The van der Waals surface area contributed by atoms with Crippen LogP contribution in [0.2, 0.25) is 0 Å². The minimum absolute atomic E-state index is 0.0408. The van der Waals surface area contributed by atoms with Crippen molar-refractivity contribution < 1.29 is 9.53 Å². The first-order valence-electron chi connectivity index (χ1n) is 8.16. The zero-order chi connectivity index (χ0) is 17.4. The summed E-state index contributed by atoms with van der Waals surface area (Å²) in [6.45, 7) is 3.78. The van der Waals surface area contributed by atoms with Crippen LogP contribution in [0.25, 0.3) is 0 Å². The lowest BCUT2D eigenvalue weighted by molar-refractivity contribution is -0.128. The number of ether oxygens (including phenoxy) is 1. The molecular weight excluding hydrogens is 300 g/mol. The predicted molar refractivity (Wildman–Crippen MR) is 93.5 cm³/mol. The number of rotatable bonds is 7. The number of nitriles is 1. The fourth-order valence-electron chi connectivity index (χ4n) is 2.49. The molecule has 0 aliphatic heterocycles. The van der Waals surface area contributed by atoms with Gasteiger partial charge in [-0.1, -0.05) is 55.8 Å². The van der Waals surface area contributed by atoms with Crippen molar-refractivity contribution >= 4 is 5.91 Å². The quantitative estimate of drug-likeness (QED) is 0.838. The Hall–Kier alpha value is -2.80. The Morgan fingerprint density at radius 3 is 2.50 bits per heavy atom. The molecule has 2 aromatic carbocycles. The Morgan fingerprint density at radius 1 is 1.17 bits per heavy atom. The second-order valence-corrected chi connectivity index (χ2v) is 5.63. The van der Waals surface area contributed by atoms with E-state index in [1.165, 1.54) is 0 Å². The SMILES string of the molecule is CCC[C@H](NC(=O)[C@@H](C)Oc1ccccc1C#N)c1ccccc1. The van der Waals surface area contributed by atoms with Gasteiger partial charge in [0.15, 0.2) is 6.10 Å². The molecule has 2 aromatic rings. The number of nitrogens with zero attached hydrogens (tertiary/aromatic N) is 1. The molecule has 2 rings (SSSR count). The molecule has 124 valence electrons. The van der Waals surface area contributed by atoms with Crippen LogP contribution in [-0.4, -0.2) is 12.0 Å². The third kappa shape index (κ3) is 4.60. The number of carbonyl (C=O) groups excluding carboxylic acids is 1. The van der Waals surface area contributed by atoms with E-state index in [4.69, 9.17) is 10.00 Å². The maximum absolute atomic E-state index is 12.5. The van der Waals surface area contributed by atoms with E-state index in [0.717, 1.165) is 18.4 Å². The van der Waals surface area contributed by atoms with Crippen LogP contribution in [0, 0.1) is 11.3 Å². The van der Waals surface area contributed by atoms with Crippen LogP contribution in [0.5, 0.6) is 5.75 Å². The fourth-order valence-corrected chi connectivity index (χ4v) is 2.49. The summed E-state index contributed by atoms with van der Waals surface area (Å²) < 4.78 is 5.68. The standard InChI is InChI=1S/C20H22N2O2/c1-3-9-18(16-10-5-4-6-11-16)22-20(23)15(2)24-19-13-8-7-12-17(19)14-21/h4-8,10-13,15,18H,3,9H2,1-2H3,(H,22,23)/t15-,18+/m1/s1. The summed E-state index contributed by atoms with van der Waals surface area (Å²) in [6.07, 6.45) is 1.14. The molecule has 0 saturated carbocycles. The number of carbonyl (C=O) groups is 1. The predicted octanol–water partition coefficient (Wildman–Crippen LogP) is 3.98. The molecule has 2 atom stereocenters. The van der Waals surface area contributed by atoms with Crippen LogP contribution in [0.15, 0.2) is 54.6 Å². The molecule has 0 aliphatic rings. The second kappa shape index (κ2) is 8.73. The van der Waals surface area contributed by atoms with Gasteiger partial charge in [0, 0.05) is 0 Å². The van der Waals surface area contributed by atoms with Crippen molar-refractivity contribution in [2.75, 3.05) is 0 Å².